The first-order valence-corrected chi connectivity index (χ1v) is 6.28. The van der Waals surface area contributed by atoms with E-state index in [1.165, 1.54) is 19.3 Å². The SMILES string of the molecule is CC(C)CNCc1ccnc(C2CCC2)n1. The van der Waals surface area contributed by atoms with E-state index in [2.05, 4.69) is 29.1 Å². The Hall–Kier alpha value is -0.960. The highest BCUT2D eigenvalue weighted by atomic mass is 14.9. The summed E-state index contributed by atoms with van der Waals surface area (Å²) < 4.78 is 0. The van der Waals surface area contributed by atoms with E-state index in [0.29, 0.717) is 11.8 Å². The van der Waals surface area contributed by atoms with Crippen LogP contribution in [0.3, 0.4) is 0 Å². The molecule has 1 heterocycles. The molecule has 1 fully saturated rings. The van der Waals surface area contributed by atoms with Crippen molar-refractivity contribution >= 4 is 0 Å². The van der Waals surface area contributed by atoms with Crippen LogP contribution in [0.4, 0.5) is 0 Å². The fraction of sp³-hybridized carbons (Fsp3) is 0.692. The minimum Gasteiger partial charge on any atom is -0.311 e. The van der Waals surface area contributed by atoms with Gasteiger partial charge in [-0.3, -0.25) is 0 Å². The third-order valence-electron chi connectivity index (χ3n) is 3.06. The molecule has 0 bridgehead atoms. The Morgan fingerprint density at radius 1 is 1.44 bits per heavy atom. The van der Waals surface area contributed by atoms with Gasteiger partial charge in [-0.25, -0.2) is 9.97 Å². The second-order valence-electron chi connectivity index (χ2n) is 5.06. The summed E-state index contributed by atoms with van der Waals surface area (Å²) in [7, 11) is 0. The van der Waals surface area contributed by atoms with Crippen molar-refractivity contribution in [3.8, 4) is 0 Å². The fourth-order valence-electron chi connectivity index (χ4n) is 1.86. The Morgan fingerprint density at radius 2 is 2.25 bits per heavy atom. The Balaban J connectivity index is 1.88. The van der Waals surface area contributed by atoms with Gasteiger partial charge in [0.15, 0.2) is 0 Å². The largest absolute Gasteiger partial charge is 0.311 e. The third-order valence-corrected chi connectivity index (χ3v) is 3.06. The molecular formula is C13H21N3. The third kappa shape index (κ3) is 3.01. The minimum atomic E-state index is 0.630. The number of rotatable bonds is 5. The molecule has 0 saturated heterocycles. The predicted octanol–water partition coefficient (Wildman–Crippen LogP) is 2.49. The Morgan fingerprint density at radius 3 is 2.88 bits per heavy atom. The van der Waals surface area contributed by atoms with Gasteiger partial charge in [-0.05, 0) is 31.4 Å². The molecule has 1 aromatic rings. The summed E-state index contributed by atoms with van der Waals surface area (Å²) in [4.78, 5) is 8.98. The van der Waals surface area contributed by atoms with E-state index in [9.17, 15) is 0 Å². The summed E-state index contributed by atoms with van der Waals surface area (Å²) in [6.07, 6.45) is 5.77. The summed E-state index contributed by atoms with van der Waals surface area (Å²) in [6.45, 7) is 6.34. The zero-order chi connectivity index (χ0) is 11.4. The molecule has 0 aliphatic heterocycles. The quantitative estimate of drug-likeness (QED) is 0.826. The van der Waals surface area contributed by atoms with Crippen LogP contribution in [-0.2, 0) is 6.54 Å². The molecule has 1 aromatic heterocycles. The van der Waals surface area contributed by atoms with E-state index in [4.69, 9.17) is 0 Å². The minimum absolute atomic E-state index is 0.630. The standard InChI is InChI=1S/C13H21N3/c1-10(2)8-14-9-12-6-7-15-13(16-12)11-4-3-5-11/h6-7,10-11,14H,3-5,8-9H2,1-2H3. The molecule has 0 amide bonds. The van der Waals surface area contributed by atoms with Gasteiger partial charge in [0, 0.05) is 18.7 Å². The normalized spacial score (nSPS) is 16.4. The first-order valence-electron chi connectivity index (χ1n) is 6.28. The molecule has 16 heavy (non-hydrogen) atoms. The van der Waals surface area contributed by atoms with Gasteiger partial charge in [-0.1, -0.05) is 20.3 Å². The van der Waals surface area contributed by atoms with E-state index in [1.807, 2.05) is 12.3 Å². The van der Waals surface area contributed by atoms with E-state index in [1.54, 1.807) is 0 Å². The highest BCUT2D eigenvalue weighted by Crippen LogP contribution is 2.33. The maximum absolute atomic E-state index is 4.62. The van der Waals surface area contributed by atoms with E-state index >= 15 is 0 Å². The van der Waals surface area contributed by atoms with Gasteiger partial charge >= 0.3 is 0 Å². The molecule has 0 unspecified atom stereocenters. The van der Waals surface area contributed by atoms with E-state index in [-0.39, 0.29) is 0 Å². The van der Waals surface area contributed by atoms with Crippen LogP contribution >= 0.6 is 0 Å². The average Bonchev–Trinajstić information content (AvgIpc) is 2.15. The maximum atomic E-state index is 4.62. The molecule has 0 spiro atoms. The fourth-order valence-corrected chi connectivity index (χ4v) is 1.86. The van der Waals surface area contributed by atoms with Crippen molar-refractivity contribution in [2.24, 2.45) is 5.92 Å². The van der Waals surface area contributed by atoms with Gasteiger partial charge in [0.2, 0.25) is 0 Å². The average molecular weight is 219 g/mol. The molecule has 2 rings (SSSR count). The predicted molar refractivity (Wildman–Crippen MR) is 65.2 cm³/mol. The number of nitrogens with one attached hydrogen (secondary N) is 1. The molecule has 0 aromatic carbocycles. The van der Waals surface area contributed by atoms with Crippen molar-refractivity contribution < 1.29 is 0 Å². The van der Waals surface area contributed by atoms with Crippen LogP contribution in [0, 0.1) is 5.92 Å². The molecule has 1 N–H and O–H groups in total. The summed E-state index contributed by atoms with van der Waals surface area (Å²) in [6, 6.07) is 2.01. The van der Waals surface area contributed by atoms with Crippen molar-refractivity contribution in [3.63, 3.8) is 0 Å². The summed E-state index contributed by atoms with van der Waals surface area (Å²) >= 11 is 0. The zero-order valence-corrected chi connectivity index (χ0v) is 10.2. The lowest BCUT2D eigenvalue weighted by atomic mass is 9.85. The lowest BCUT2D eigenvalue weighted by Crippen LogP contribution is -2.21. The van der Waals surface area contributed by atoms with Gasteiger partial charge in [-0.2, -0.15) is 0 Å². The topological polar surface area (TPSA) is 37.8 Å². The highest BCUT2D eigenvalue weighted by molar-refractivity contribution is 5.07. The monoisotopic (exact) mass is 219 g/mol. The first kappa shape index (κ1) is 11.5. The smallest absolute Gasteiger partial charge is 0.131 e. The number of hydrogen-bond acceptors (Lipinski definition) is 3. The van der Waals surface area contributed by atoms with Crippen LogP contribution in [0.25, 0.3) is 0 Å². The second-order valence-corrected chi connectivity index (χ2v) is 5.06. The van der Waals surface area contributed by atoms with Crippen LogP contribution < -0.4 is 5.32 Å². The maximum Gasteiger partial charge on any atom is 0.131 e. The molecule has 0 atom stereocenters. The van der Waals surface area contributed by atoms with E-state index in [0.717, 1.165) is 24.6 Å². The first-order chi connectivity index (χ1) is 7.75. The van der Waals surface area contributed by atoms with Gasteiger partial charge in [0.05, 0.1) is 5.69 Å². The molecule has 0 radical (unpaired) electrons. The molecule has 88 valence electrons. The Kier molecular flexibility index (Phi) is 3.88. The lowest BCUT2D eigenvalue weighted by Gasteiger charge is -2.23. The molecule has 1 saturated carbocycles. The number of hydrogen-bond donors (Lipinski definition) is 1. The van der Waals surface area contributed by atoms with Crippen LogP contribution in [0.15, 0.2) is 12.3 Å². The summed E-state index contributed by atoms with van der Waals surface area (Å²) in [5.74, 6) is 2.37. The number of aromatic nitrogens is 2. The van der Waals surface area contributed by atoms with Crippen molar-refractivity contribution in [2.45, 2.75) is 45.6 Å². The van der Waals surface area contributed by atoms with Crippen molar-refractivity contribution in [1.29, 1.82) is 0 Å². The summed E-state index contributed by atoms with van der Waals surface area (Å²) in [5.41, 5.74) is 1.12. The van der Waals surface area contributed by atoms with Crippen LogP contribution in [0.1, 0.15) is 50.5 Å². The van der Waals surface area contributed by atoms with Gasteiger partial charge in [0.25, 0.3) is 0 Å². The van der Waals surface area contributed by atoms with Crippen LogP contribution in [0.2, 0.25) is 0 Å². The van der Waals surface area contributed by atoms with Crippen LogP contribution in [0.5, 0.6) is 0 Å². The Bertz CT molecular complexity index is 332. The van der Waals surface area contributed by atoms with E-state index < -0.39 is 0 Å². The van der Waals surface area contributed by atoms with Crippen molar-refractivity contribution in [3.05, 3.63) is 23.8 Å². The van der Waals surface area contributed by atoms with Crippen molar-refractivity contribution in [2.75, 3.05) is 6.54 Å². The van der Waals surface area contributed by atoms with Gasteiger partial charge in [-0.15, -0.1) is 0 Å². The van der Waals surface area contributed by atoms with Crippen molar-refractivity contribution in [1.82, 2.24) is 15.3 Å². The Labute approximate surface area is 97.7 Å². The second kappa shape index (κ2) is 5.39. The molecule has 1 aliphatic carbocycles. The molecule has 3 nitrogen and oxygen atoms in total. The number of nitrogens with zero attached hydrogens (tertiary/aromatic N) is 2. The molecule has 1 aliphatic rings. The van der Waals surface area contributed by atoms with Gasteiger partial charge < -0.3 is 5.32 Å². The summed E-state index contributed by atoms with van der Waals surface area (Å²) in [5, 5.41) is 3.41. The molecular weight excluding hydrogens is 198 g/mol. The molecule has 3 heteroatoms. The lowest BCUT2D eigenvalue weighted by molar-refractivity contribution is 0.399. The van der Waals surface area contributed by atoms with Crippen LogP contribution in [-0.4, -0.2) is 16.5 Å². The zero-order valence-electron chi connectivity index (χ0n) is 10.2. The highest BCUT2D eigenvalue weighted by Gasteiger charge is 2.21. The van der Waals surface area contributed by atoms with Gasteiger partial charge in [0.1, 0.15) is 5.82 Å².